The summed E-state index contributed by atoms with van der Waals surface area (Å²) in [6, 6.07) is 4.54. The van der Waals surface area contributed by atoms with Crippen LogP contribution in [0.15, 0.2) is 18.2 Å². The van der Waals surface area contributed by atoms with Gasteiger partial charge in [-0.15, -0.1) is 0 Å². The van der Waals surface area contributed by atoms with Gasteiger partial charge in [-0.2, -0.15) is 0 Å². The van der Waals surface area contributed by atoms with Crippen LogP contribution < -0.4 is 4.74 Å². The Morgan fingerprint density at radius 1 is 1.30 bits per heavy atom. The Morgan fingerprint density at radius 3 is 2.60 bits per heavy atom. The fourth-order valence-electron chi connectivity index (χ4n) is 1.43. The van der Waals surface area contributed by atoms with Crippen LogP contribution in [0.1, 0.15) is 5.56 Å². The first-order valence-electron chi connectivity index (χ1n) is 5.68. The first-order chi connectivity index (χ1) is 9.31. The summed E-state index contributed by atoms with van der Waals surface area (Å²) in [6.45, 7) is 1.89. The van der Waals surface area contributed by atoms with Crippen molar-refractivity contribution < 1.29 is 22.8 Å². The molecule has 112 valence electrons. The van der Waals surface area contributed by atoms with E-state index in [0.29, 0.717) is 11.3 Å². The van der Waals surface area contributed by atoms with E-state index in [1.165, 1.54) is 12.1 Å². The van der Waals surface area contributed by atoms with Crippen molar-refractivity contribution >= 4 is 25.4 Å². The summed E-state index contributed by atoms with van der Waals surface area (Å²) in [4.78, 5) is 10.3. The molecule has 0 bridgehead atoms. The van der Waals surface area contributed by atoms with Crippen LogP contribution in [0.3, 0.4) is 0 Å². The van der Waals surface area contributed by atoms with E-state index in [1.54, 1.807) is 13.0 Å². The van der Waals surface area contributed by atoms with Gasteiger partial charge >= 0.3 is 0 Å². The maximum Gasteiger partial charge on any atom is 0.276 e. The standard InChI is InChI=1S/C11H14ClNO6S/c1-9-10(13(14)15)3-2-4-11(9)19-6-5-18-7-8-20(12,16)17/h2-4H,5-8H2,1H3. The number of benzene rings is 1. The molecule has 0 unspecified atom stereocenters. The van der Waals surface area contributed by atoms with E-state index in [1.807, 2.05) is 0 Å². The summed E-state index contributed by atoms with van der Waals surface area (Å²) in [7, 11) is 1.45. The van der Waals surface area contributed by atoms with Crippen molar-refractivity contribution in [2.45, 2.75) is 6.92 Å². The van der Waals surface area contributed by atoms with Crippen LogP contribution in [0.5, 0.6) is 5.75 Å². The van der Waals surface area contributed by atoms with Crippen molar-refractivity contribution in [2.24, 2.45) is 0 Å². The highest BCUT2D eigenvalue weighted by Crippen LogP contribution is 2.26. The van der Waals surface area contributed by atoms with Crippen LogP contribution in [-0.2, 0) is 13.8 Å². The summed E-state index contributed by atoms with van der Waals surface area (Å²) in [6.07, 6.45) is 0. The van der Waals surface area contributed by atoms with Crippen molar-refractivity contribution in [1.29, 1.82) is 0 Å². The highest BCUT2D eigenvalue weighted by Gasteiger charge is 2.13. The predicted octanol–water partition coefficient (Wildman–Crippen LogP) is 1.87. The average Bonchev–Trinajstić information content (AvgIpc) is 2.33. The molecule has 0 spiro atoms. The monoisotopic (exact) mass is 323 g/mol. The zero-order chi connectivity index (χ0) is 15.2. The maximum atomic E-state index is 10.7. The summed E-state index contributed by atoms with van der Waals surface area (Å²) in [5.41, 5.74) is 0.414. The molecular weight excluding hydrogens is 310 g/mol. The number of rotatable bonds is 8. The summed E-state index contributed by atoms with van der Waals surface area (Å²) >= 11 is 0. The molecule has 0 aliphatic rings. The van der Waals surface area contributed by atoms with Crippen molar-refractivity contribution in [3.63, 3.8) is 0 Å². The van der Waals surface area contributed by atoms with Crippen LogP contribution in [0.25, 0.3) is 0 Å². The number of ether oxygens (including phenoxy) is 2. The molecule has 0 N–H and O–H groups in total. The van der Waals surface area contributed by atoms with Gasteiger partial charge in [-0.05, 0) is 13.0 Å². The Bertz CT molecular complexity index is 574. The van der Waals surface area contributed by atoms with Crippen LogP contribution >= 0.6 is 10.7 Å². The zero-order valence-electron chi connectivity index (χ0n) is 10.7. The molecule has 1 rings (SSSR count). The highest BCUT2D eigenvalue weighted by molar-refractivity contribution is 8.13. The van der Waals surface area contributed by atoms with Crippen LogP contribution in [-0.4, -0.2) is 38.9 Å². The molecule has 0 radical (unpaired) electrons. The average molecular weight is 324 g/mol. The van der Waals surface area contributed by atoms with Crippen molar-refractivity contribution in [2.75, 3.05) is 25.6 Å². The molecule has 20 heavy (non-hydrogen) atoms. The summed E-state index contributed by atoms with van der Waals surface area (Å²) in [5.74, 6) is 0.123. The van der Waals surface area contributed by atoms with E-state index in [2.05, 4.69) is 0 Å². The second kappa shape index (κ2) is 7.41. The Labute approximate surface area is 121 Å². The fourth-order valence-corrected chi connectivity index (χ4v) is 1.93. The normalized spacial score (nSPS) is 11.3. The van der Waals surface area contributed by atoms with Gasteiger partial charge in [-0.1, -0.05) is 6.07 Å². The lowest BCUT2D eigenvalue weighted by atomic mass is 10.2. The Kier molecular flexibility index (Phi) is 6.18. The molecule has 1 aromatic carbocycles. The molecule has 0 amide bonds. The van der Waals surface area contributed by atoms with Crippen LogP contribution in [0, 0.1) is 17.0 Å². The van der Waals surface area contributed by atoms with Crippen molar-refractivity contribution in [1.82, 2.24) is 0 Å². The molecule has 0 heterocycles. The van der Waals surface area contributed by atoms with Gasteiger partial charge in [0, 0.05) is 16.7 Å². The zero-order valence-corrected chi connectivity index (χ0v) is 12.3. The number of nitro benzene ring substituents is 1. The minimum absolute atomic E-state index is 0.0170. The van der Waals surface area contributed by atoms with E-state index in [0.717, 1.165) is 0 Å². The van der Waals surface area contributed by atoms with Gasteiger partial charge in [0.05, 0.1) is 29.5 Å². The first-order valence-corrected chi connectivity index (χ1v) is 8.16. The second-order valence-corrected chi connectivity index (χ2v) is 6.76. The lowest BCUT2D eigenvalue weighted by molar-refractivity contribution is -0.385. The molecule has 0 aliphatic carbocycles. The number of hydrogen-bond acceptors (Lipinski definition) is 6. The van der Waals surface area contributed by atoms with Gasteiger partial charge in [0.15, 0.2) is 0 Å². The van der Waals surface area contributed by atoms with Gasteiger partial charge < -0.3 is 9.47 Å². The highest BCUT2D eigenvalue weighted by atomic mass is 35.7. The molecule has 0 saturated heterocycles. The number of halogens is 1. The molecule has 0 atom stereocenters. The lowest BCUT2D eigenvalue weighted by Gasteiger charge is -2.09. The molecule has 0 fully saturated rings. The molecule has 0 aliphatic heterocycles. The maximum absolute atomic E-state index is 10.7. The quantitative estimate of drug-likeness (QED) is 0.313. The third-order valence-electron chi connectivity index (χ3n) is 2.41. The third-order valence-corrected chi connectivity index (χ3v) is 3.53. The van der Waals surface area contributed by atoms with Gasteiger partial charge in [0.25, 0.3) is 5.69 Å². The fraction of sp³-hybridized carbons (Fsp3) is 0.455. The minimum Gasteiger partial charge on any atom is -0.491 e. The minimum atomic E-state index is -3.55. The summed E-state index contributed by atoms with van der Waals surface area (Å²) < 4.78 is 31.6. The summed E-state index contributed by atoms with van der Waals surface area (Å²) in [5, 5.41) is 10.7. The van der Waals surface area contributed by atoms with Crippen molar-refractivity contribution in [3.05, 3.63) is 33.9 Å². The van der Waals surface area contributed by atoms with E-state index < -0.39 is 14.0 Å². The SMILES string of the molecule is Cc1c(OCCOCCS(=O)(=O)Cl)cccc1[N+](=O)[O-]. The smallest absolute Gasteiger partial charge is 0.276 e. The van der Waals surface area contributed by atoms with Gasteiger partial charge in [0.2, 0.25) is 9.05 Å². The van der Waals surface area contributed by atoms with Crippen LogP contribution in [0.4, 0.5) is 5.69 Å². The molecule has 7 nitrogen and oxygen atoms in total. The van der Waals surface area contributed by atoms with Crippen LogP contribution in [0.2, 0.25) is 0 Å². The molecule has 9 heteroatoms. The molecule has 0 saturated carbocycles. The van der Waals surface area contributed by atoms with E-state index in [-0.39, 0.29) is 31.3 Å². The van der Waals surface area contributed by atoms with Gasteiger partial charge in [-0.25, -0.2) is 8.42 Å². The second-order valence-electron chi connectivity index (χ2n) is 3.86. The van der Waals surface area contributed by atoms with E-state index in [9.17, 15) is 18.5 Å². The number of nitrogens with zero attached hydrogens (tertiary/aromatic N) is 1. The lowest BCUT2D eigenvalue weighted by Crippen LogP contribution is -2.12. The molecule has 0 aromatic heterocycles. The third kappa shape index (κ3) is 5.72. The Balaban J connectivity index is 2.40. The largest absolute Gasteiger partial charge is 0.491 e. The first kappa shape index (κ1) is 16.7. The van der Waals surface area contributed by atoms with E-state index >= 15 is 0 Å². The molecular formula is C11H14ClNO6S. The van der Waals surface area contributed by atoms with Crippen molar-refractivity contribution in [3.8, 4) is 5.75 Å². The number of hydrogen-bond donors (Lipinski definition) is 0. The Hall–Kier alpha value is -1.38. The van der Waals surface area contributed by atoms with Gasteiger partial charge in [0.1, 0.15) is 12.4 Å². The van der Waals surface area contributed by atoms with E-state index in [4.69, 9.17) is 20.2 Å². The predicted molar refractivity (Wildman–Crippen MR) is 73.8 cm³/mol. The Morgan fingerprint density at radius 2 is 2.00 bits per heavy atom. The van der Waals surface area contributed by atoms with Gasteiger partial charge in [-0.3, -0.25) is 10.1 Å². The topological polar surface area (TPSA) is 95.7 Å². The molecule has 1 aromatic rings. The number of nitro groups is 1.